The van der Waals surface area contributed by atoms with E-state index in [1.54, 1.807) is 26.8 Å². The lowest BCUT2D eigenvalue weighted by atomic mass is 9.85. The van der Waals surface area contributed by atoms with E-state index in [0.29, 0.717) is 5.57 Å². The molecule has 2 amide bonds. The first-order valence-corrected chi connectivity index (χ1v) is 16.1. The first-order valence-electron chi connectivity index (χ1n) is 16.1. The number of carbonyl (C=O) groups excluding carboxylic acids is 5. The van der Waals surface area contributed by atoms with E-state index in [1.807, 2.05) is 0 Å². The van der Waals surface area contributed by atoms with Crippen LogP contribution in [0, 0.1) is 22.0 Å². The highest BCUT2D eigenvalue weighted by Crippen LogP contribution is 2.30. The molecule has 15 heteroatoms. The number of benzene rings is 1. The fourth-order valence-electron chi connectivity index (χ4n) is 5.96. The zero-order valence-corrected chi connectivity index (χ0v) is 29.4. The van der Waals surface area contributed by atoms with Crippen LogP contribution in [-0.4, -0.2) is 89.5 Å². The van der Waals surface area contributed by atoms with Gasteiger partial charge >= 0.3 is 6.09 Å². The van der Waals surface area contributed by atoms with Crippen molar-refractivity contribution in [1.82, 2.24) is 4.90 Å². The molecule has 0 aromatic heterocycles. The van der Waals surface area contributed by atoms with E-state index >= 15 is 0 Å². The van der Waals surface area contributed by atoms with E-state index in [2.05, 4.69) is 0 Å². The Balaban J connectivity index is 2.18. The lowest BCUT2D eigenvalue weighted by molar-refractivity contribution is -0.384. The molecule has 1 unspecified atom stereocenters. The average Bonchev–Trinajstić information content (AvgIpc) is 3.09. The maximum atomic E-state index is 14.0. The number of rotatable bonds is 7. The average molecular weight is 709 g/mol. The number of ether oxygens (including phenoxy) is 3. The molecule has 6 atom stereocenters. The van der Waals surface area contributed by atoms with E-state index in [-0.39, 0.29) is 52.6 Å². The minimum absolute atomic E-state index is 0.0229. The topological polar surface area (TPSA) is 232 Å². The maximum Gasteiger partial charge on any atom is 0.405 e. The van der Waals surface area contributed by atoms with E-state index in [9.17, 15) is 39.2 Å². The Hall–Kier alpha value is -5.25. The van der Waals surface area contributed by atoms with Gasteiger partial charge in [0.25, 0.3) is 11.6 Å². The van der Waals surface area contributed by atoms with E-state index in [1.165, 1.54) is 51.5 Å². The number of methoxy groups -OCH3 is 2. The van der Waals surface area contributed by atoms with Crippen LogP contribution in [0.25, 0.3) is 0 Å². The van der Waals surface area contributed by atoms with Crippen molar-refractivity contribution >= 4 is 35.0 Å². The number of nitro groups is 1. The van der Waals surface area contributed by atoms with E-state index in [4.69, 9.17) is 25.7 Å². The molecule has 1 aromatic carbocycles. The summed E-state index contributed by atoms with van der Waals surface area (Å²) in [5, 5.41) is 22.4. The molecule has 1 aliphatic carbocycles. The summed E-state index contributed by atoms with van der Waals surface area (Å²) in [5.41, 5.74) is 11.1. The number of nitrogens with zero attached hydrogens (tertiary/aromatic N) is 2. The van der Waals surface area contributed by atoms with Crippen LogP contribution in [0.15, 0.2) is 82.8 Å². The highest BCUT2D eigenvalue weighted by atomic mass is 16.6. The molecule has 274 valence electrons. The van der Waals surface area contributed by atoms with Gasteiger partial charge in [-0.15, -0.1) is 0 Å². The van der Waals surface area contributed by atoms with Gasteiger partial charge in [0.2, 0.25) is 11.6 Å². The van der Waals surface area contributed by atoms with Gasteiger partial charge in [-0.3, -0.25) is 34.2 Å². The molecule has 2 bridgehead atoms. The van der Waals surface area contributed by atoms with Crippen molar-refractivity contribution in [2.45, 2.75) is 65.0 Å². The van der Waals surface area contributed by atoms with Crippen molar-refractivity contribution in [1.29, 1.82) is 0 Å². The number of nitro benzene ring substituents is 1. The number of ketones is 3. The number of Topliss-reactive ketones (excluding diaryl/α,β-unsaturated/α-hetero) is 2. The maximum absolute atomic E-state index is 14.0. The quantitative estimate of drug-likeness (QED) is 0.122. The van der Waals surface area contributed by atoms with Crippen molar-refractivity contribution in [3.63, 3.8) is 0 Å². The molecule has 51 heavy (non-hydrogen) atoms. The number of nitrogens with two attached hydrogens (primary N) is 2. The monoisotopic (exact) mass is 708 g/mol. The number of carbonyl (C=O) groups is 5. The molecule has 1 aliphatic heterocycles. The number of aliphatic hydroxyl groups is 1. The second-order valence-corrected chi connectivity index (χ2v) is 12.6. The number of fused-ring (bicyclic) bond motifs is 2. The van der Waals surface area contributed by atoms with E-state index < -0.39 is 71.2 Å². The van der Waals surface area contributed by atoms with Gasteiger partial charge in [0.1, 0.15) is 6.10 Å². The first kappa shape index (κ1) is 40.2. The molecule has 3 rings (SSSR count). The third kappa shape index (κ3) is 9.93. The normalized spacial score (nSPS) is 28.3. The number of primary amides is 1. The number of non-ortho nitro benzene ring substituents is 1. The molecular weight excluding hydrogens is 664 g/mol. The minimum atomic E-state index is -1.07. The predicted molar refractivity (Wildman–Crippen MR) is 185 cm³/mol. The Kier molecular flexibility index (Phi) is 13.9. The number of hydrogen-bond donors (Lipinski definition) is 3. The first-order chi connectivity index (χ1) is 24.0. The number of allylic oxidation sites excluding steroid dienone is 4. The summed E-state index contributed by atoms with van der Waals surface area (Å²) >= 11 is 0. The van der Waals surface area contributed by atoms with Crippen LogP contribution in [0.1, 0.15) is 50.9 Å². The number of aliphatic hydroxyl groups excluding tert-OH is 1. The summed E-state index contributed by atoms with van der Waals surface area (Å²) in [4.78, 5) is 78.0. The van der Waals surface area contributed by atoms with Crippen LogP contribution >= 0.6 is 0 Å². The van der Waals surface area contributed by atoms with Gasteiger partial charge in [0.05, 0.1) is 35.1 Å². The largest absolute Gasteiger partial charge is 0.439 e. The van der Waals surface area contributed by atoms with Crippen LogP contribution in [0.5, 0.6) is 0 Å². The smallest absolute Gasteiger partial charge is 0.405 e. The SMILES string of the molecule is COC1/C=C\C=C(/C)C(=O)N(CC(=O)c2ccc([N+](=O)[O-])cc2)C2=CC(=O)C(N)=C(C[C@@H](C)C[C@H](OC)[C@H](O)[C@@H](C)/C=C(\C)[C@@H]1OC(N)=O)C2=O. The molecule has 0 saturated heterocycles. The Morgan fingerprint density at radius 2 is 1.73 bits per heavy atom. The Labute approximate surface area is 295 Å². The second kappa shape index (κ2) is 17.6. The van der Waals surface area contributed by atoms with Crippen LogP contribution in [0.2, 0.25) is 0 Å². The van der Waals surface area contributed by atoms with Gasteiger partial charge in [-0.25, -0.2) is 4.79 Å². The summed E-state index contributed by atoms with van der Waals surface area (Å²) in [6, 6.07) is 4.71. The highest BCUT2D eigenvalue weighted by molar-refractivity contribution is 6.23. The number of amides is 2. The zero-order valence-electron chi connectivity index (χ0n) is 29.4. The van der Waals surface area contributed by atoms with Crippen LogP contribution in [0.4, 0.5) is 10.5 Å². The lowest BCUT2D eigenvalue weighted by Crippen LogP contribution is -2.41. The molecule has 2 aliphatic rings. The molecule has 0 saturated carbocycles. The third-order valence-electron chi connectivity index (χ3n) is 8.79. The third-order valence-corrected chi connectivity index (χ3v) is 8.79. The van der Waals surface area contributed by atoms with Gasteiger partial charge in [-0.1, -0.05) is 38.2 Å². The van der Waals surface area contributed by atoms with Crippen LogP contribution in [0.3, 0.4) is 0 Å². The van der Waals surface area contributed by atoms with Gasteiger partial charge < -0.3 is 30.8 Å². The van der Waals surface area contributed by atoms with Crippen LogP contribution in [-0.2, 0) is 28.6 Å². The van der Waals surface area contributed by atoms with Crippen molar-refractivity contribution in [3.8, 4) is 0 Å². The van der Waals surface area contributed by atoms with Gasteiger partial charge in [-0.2, -0.15) is 0 Å². The molecule has 0 spiro atoms. The predicted octanol–water partition coefficient (Wildman–Crippen LogP) is 3.22. The summed E-state index contributed by atoms with van der Waals surface area (Å²) in [7, 11) is 2.80. The summed E-state index contributed by atoms with van der Waals surface area (Å²) in [6.07, 6.45) is 2.32. The molecule has 1 aromatic rings. The van der Waals surface area contributed by atoms with Crippen LogP contribution < -0.4 is 11.5 Å². The summed E-state index contributed by atoms with van der Waals surface area (Å²) in [5.74, 6) is -3.85. The molecule has 0 fully saturated rings. The standard InChI is InChI=1S/C36H44N4O11/c1-19-14-25-31(37)27(41)17-26(33(25)44)39(18-28(42)23-10-12-24(13-11-23)40(47)48)35(45)20(2)8-7-9-29(49-5)34(51-36(38)46)22(4)16-21(3)32(43)30(15-19)50-6/h7-13,16-17,19,21,29-30,32,34,43H,14-15,18,37H2,1-6H3,(H2,38,46)/b9-7-,20-8+,22-16+/t19-,21+,29?,30+,32-,34+/m1/s1. The Morgan fingerprint density at radius 1 is 1.08 bits per heavy atom. The minimum Gasteiger partial charge on any atom is -0.439 e. The molecule has 1 heterocycles. The van der Waals surface area contributed by atoms with Crippen molar-refractivity contribution < 1.29 is 48.2 Å². The summed E-state index contributed by atoms with van der Waals surface area (Å²) < 4.78 is 16.6. The van der Waals surface area contributed by atoms with Crippen molar-refractivity contribution in [2.24, 2.45) is 23.3 Å². The van der Waals surface area contributed by atoms with Gasteiger partial charge in [0.15, 0.2) is 11.9 Å². The van der Waals surface area contributed by atoms with Gasteiger partial charge in [0, 0.05) is 55.1 Å². The van der Waals surface area contributed by atoms with Crippen molar-refractivity contribution in [2.75, 3.05) is 20.8 Å². The number of hydrogen-bond acceptors (Lipinski definition) is 12. The molecular formula is C36H44N4O11. The second-order valence-electron chi connectivity index (χ2n) is 12.6. The zero-order chi connectivity index (χ0) is 38.2. The lowest BCUT2D eigenvalue weighted by Gasteiger charge is -2.30. The van der Waals surface area contributed by atoms with E-state index in [0.717, 1.165) is 23.1 Å². The molecule has 5 N–H and O–H groups in total. The molecule has 15 nitrogen and oxygen atoms in total. The van der Waals surface area contributed by atoms with Gasteiger partial charge in [-0.05, 0) is 50.3 Å². The fraction of sp³-hybridized carbons (Fsp3) is 0.417. The highest BCUT2D eigenvalue weighted by Gasteiger charge is 2.36. The Morgan fingerprint density at radius 3 is 2.29 bits per heavy atom. The molecule has 0 radical (unpaired) electrons. The van der Waals surface area contributed by atoms with Crippen molar-refractivity contribution in [3.05, 3.63) is 98.4 Å². The fourth-order valence-corrected chi connectivity index (χ4v) is 5.96. The summed E-state index contributed by atoms with van der Waals surface area (Å²) in [6.45, 7) is 5.94. The Bertz CT molecular complexity index is 1710.